The van der Waals surface area contributed by atoms with E-state index in [-0.39, 0.29) is 5.91 Å². The molecule has 0 fully saturated rings. The molecule has 0 aliphatic carbocycles. The van der Waals surface area contributed by atoms with Crippen LogP contribution in [0.3, 0.4) is 0 Å². The normalized spacial score (nSPS) is 10.9. The van der Waals surface area contributed by atoms with Crippen LogP contribution in [0.25, 0.3) is 21.0 Å². The number of nitrogens with one attached hydrogen (secondary N) is 1. The van der Waals surface area contributed by atoms with Crippen molar-refractivity contribution in [1.82, 2.24) is 4.98 Å². The highest BCUT2D eigenvalue weighted by atomic mass is 32.1. The number of amides is 1. The van der Waals surface area contributed by atoms with Crippen LogP contribution in [0.4, 0.5) is 5.69 Å². The Morgan fingerprint density at radius 2 is 1.68 bits per heavy atom. The molecule has 22 heavy (non-hydrogen) atoms. The van der Waals surface area contributed by atoms with E-state index in [9.17, 15) is 4.79 Å². The minimum absolute atomic E-state index is 0.169. The number of para-hydroxylation sites is 1. The van der Waals surface area contributed by atoms with Crippen LogP contribution >= 0.6 is 11.3 Å². The number of hydrogen-bond acceptors (Lipinski definition) is 3. The number of carbonyl (C=O) groups excluding carboxylic acids is 1. The lowest BCUT2D eigenvalue weighted by Gasteiger charge is -2.07. The van der Waals surface area contributed by atoms with Crippen LogP contribution in [0.1, 0.15) is 9.80 Å². The number of carbonyl (C=O) groups is 1. The number of benzene rings is 3. The smallest absolute Gasteiger partial charge is 0.284 e. The van der Waals surface area contributed by atoms with Crippen LogP contribution in [-0.4, -0.2) is 10.9 Å². The van der Waals surface area contributed by atoms with Gasteiger partial charge in [-0.25, -0.2) is 4.98 Å². The van der Waals surface area contributed by atoms with E-state index in [4.69, 9.17) is 0 Å². The Bertz CT molecular complexity index is 952. The molecule has 0 unspecified atom stereocenters. The lowest BCUT2D eigenvalue weighted by atomic mass is 10.1. The van der Waals surface area contributed by atoms with E-state index in [2.05, 4.69) is 10.3 Å². The van der Waals surface area contributed by atoms with Crippen LogP contribution in [-0.2, 0) is 0 Å². The molecule has 1 N–H and O–H groups in total. The standard InChI is InChI=1S/C18H12N2OS/c21-17(18-20-15-9-3-4-11-16(15)22-18)19-14-10-5-7-12-6-1-2-8-13(12)14/h1-11H,(H,19,21). The third-order valence-electron chi connectivity index (χ3n) is 3.53. The van der Waals surface area contributed by atoms with Crippen molar-refractivity contribution in [3.63, 3.8) is 0 Å². The minimum atomic E-state index is -0.169. The monoisotopic (exact) mass is 304 g/mol. The molecular weight excluding hydrogens is 292 g/mol. The average molecular weight is 304 g/mol. The number of fused-ring (bicyclic) bond motifs is 2. The highest BCUT2D eigenvalue weighted by Gasteiger charge is 2.13. The van der Waals surface area contributed by atoms with Gasteiger partial charge in [-0.2, -0.15) is 0 Å². The van der Waals surface area contributed by atoms with Crippen LogP contribution < -0.4 is 5.32 Å². The van der Waals surface area contributed by atoms with Gasteiger partial charge in [0.05, 0.1) is 10.2 Å². The largest absolute Gasteiger partial charge is 0.319 e. The molecule has 3 nitrogen and oxygen atoms in total. The number of thiazole rings is 1. The number of nitrogens with zero attached hydrogens (tertiary/aromatic N) is 1. The second-order valence-corrected chi connectivity index (χ2v) is 6.00. The summed E-state index contributed by atoms with van der Waals surface area (Å²) in [6, 6.07) is 21.6. The number of rotatable bonds is 2. The fraction of sp³-hybridized carbons (Fsp3) is 0. The van der Waals surface area contributed by atoms with E-state index in [0.717, 1.165) is 26.7 Å². The van der Waals surface area contributed by atoms with Gasteiger partial charge in [-0.1, -0.05) is 48.5 Å². The maximum Gasteiger partial charge on any atom is 0.284 e. The fourth-order valence-electron chi connectivity index (χ4n) is 2.48. The van der Waals surface area contributed by atoms with Crippen molar-refractivity contribution in [3.8, 4) is 0 Å². The Balaban J connectivity index is 1.71. The predicted octanol–water partition coefficient (Wildman–Crippen LogP) is 4.70. The van der Waals surface area contributed by atoms with Gasteiger partial charge in [0.1, 0.15) is 0 Å². The molecule has 0 aliphatic rings. The molecule has 0 radical (unpaired) electrons. The topological polar surface area (TPSA) is 42.0 Å². The zero-order valence-corrected chi connectivity index (χ0v) is 12.4. The molecule has 1 amide bonds. The second kappa shape index (κ2) is 5.24. The first-order chi connectivity index (χ1) is 10.8. The Labute approximate surface area is 131 Å². The summed E-state index contributed by atoms with van der Waals surface area (Å²) in [4.78, 5) is 16.9. The third kappa shape index (κ3) is 2.23. The van der Waals surface area contributed by atoms with E-state index in [1.54, 1.807) is 0 Å². The maximum atomic E-state index is 12.5. The van der Waals surface area contributed by atoms with Gasteiger partial charge < -0.3 is 5.32 Å². The molecule has 3 aromatic carbocycles. The van der Waals surface area contributed by atoms with Crippen molar-refractivity contribution in [2.24, 2.45) is 0 Å². The van der Waals surface area contributed by atoms with Crippen molar-refractivity contribution in [2.75, 3.05) is 5.32 Å². The van der Waals surface area contributed by atoms with Gasteiger partial charge in [-0.15, -0.1) is 11.3 Å². The van der Waals surface area contributed by atoms with Crippen LogP contribution in [0.2, 0.25) is 0 Å². The zero-order chi connectivity index (χ0) is 14.9. The van der Waals surface area contributed by atoms with E-state index in [1.165, 1.54) is 11.3 Å². The van der Waals surface area contributed by atoms with E-state index < -0.39 is 0 Å². The molecule has 0 bridgehead atoms. The molecular formula is C18H12N2OS. The summed E-state index contributed by atoms with van der Waals surface area (Å²) in [5, 5.41) is 5.58. The summed E-state index contributed by atoms with van der Waals surface area (Å²) in [6.07, 6.45) is 0. The summed E-state index contributed by atoms with van der Waals surface area (Å²) < 4.78 is 1.02. The molecule has 0 spiro atoms. The Hall–Kier alpha value is -2.72. The molecule has 0 aliphatic heterocycles. The summed E-state index contributed by atoms with van der Waals surface area (Å²) in [6.45, 7) is 0. The molecule has 1 aromatic heterocycles. The molecule has 0 atom stereocenters. The van der Waals surface area contributed by atoms with E-state index in [1.807, 2.05) is 66.7 Å². The summed E-state index contributed by atoms with van der Waals surface area (Å²) in [5.74, 6) is -0.169. The molecule has 0 saturated heterocycles. The number of hydrogen-bond donors (Lipinski definition) is 1. The first-order valence-electron chi connectivity index (χ1n) is 6.96. The average Bonchev–Trinajstić information content (AvgIpc) is 2.99. The SMILES string of the molecule is O=C(Nc1cccc2ccccc12)c1nc2ccccc2s1. The van der Waals surface area contributed by atoms with Crippen LogP contribution in [0.5, 0.6) is 0 Å². The highest BCUT2D eigenvalue weighted by molar-refractivity contribution is 7.20. The molecule has 4 rings (SSSR count). The first-order valence-corrected chi connectivity index (χ1v) is 7.77. The molecule has 1 heterocycles. The molecule has 4 heteroatoms. The molecule has 4 aromatic rings. The van der Waals surface area contributed by atoms with Crippen molar-refractivity contribution >= 4 is 43.9 Å². The van der Waals surface area contributed by atoms with Crippen molar-refractivity contribution in [3.05, 3.63) is 71.7 Å². The van der Waals surface area contributed by atoms with Gasteiger partial charge in [0.15, 0.2) is 5.01 Å². The second-order valence-electron chi connectivity index (χ2n) is 4.97. The van der Waals surface area contributed by atoms with Gasteiger partial charge in [0, 0.05) is 11.1 Å². The van der Waals surface area contributed by atoms with Crippen LogP contribution in [0, 0.1) is 0 Å². The molecule has 0 saturated carbocycles. The minimum Gasteiger partial charge on any atom is -0.319 e. The van der Waals surface area contributed by atoms with E-state index in [0.29, 0.717) is 5.01 Å². The van der Waals surface area contributed by atoms with Gasteiger partial charge >= 0.3 is 0 Å². The van der Waals surface area contributed by atoms with Gasteiger partial charge in [-0.05, 0) is 23.6 Å². The Morgan fingerprint density at radius 1 is 0.909 bits per heavy atom. The fourth-order valence-corrected chi connectivity index (χ4v) is 3.34. The number of aromatic nitrogens is 1. The molecule has 106 valence electrons. The lowest BCUT2D eigenvalue weighted by molar-refractivity contribution is 0.102. The predicted molar refractivity (Wildman–Crippen MR) is 91.5 cm³/mol. The number of anilines is 1. The van der Waals surface area contributed by atoms with Crippen LogP contribution in [0.15, 0.2) is 66.7 Å². The summed E-state index contributed by atoms with van der Waals surface area (Å²) >= 11 is 1.41. The maximum absolute atomic E-state index is 12.5. The first kappa shape index (κ1) is 13.0. The van der Waals surface area contributed by atoms with Gasteiger partial charge in [0.2, 0.25) is 0 Å². The Morgan fingerprint density at radius 3 is 2.59 bits per heavy atom. The van der Waals surface area contributed by atoms with Gasteiger partial charge in [-0.3, -0.25) is 4.79 Å². The van der Waals surface area contributed by atoms with Crippen molar-refractivity contribution in [1.29, 1.82) is 0 Å². The van der Waals surface area contributed by atoms with Gasteiger partial charge in [0.25, 0.3) is 5.91 Å². The summed E-state index contributed by atoms with van der Waals surface area (Å²) in [7, 11) is 0. The quantitative estimate of drug-likeness (QED) is 0.583. The van der Waals surface area contributed by atoms with Crippen molar-refractivity contribution < 1.29 is 4.79 Å². The van der Waals surface area contributed by atoms with E-state index >= 15 is 0 Å². The zero-order valence-electron chi connectivity index (χ0n) is 11.6. The lowest BCUT2D eigenvalue weighted by Crippen LogP contribution is -2.11. The Kier molecular flexibility index (Phi) is 3.09. The van der Waals surface area contributed by atoms with Crippen molar-refractivity contribution in [2.45, 2.75) is 0 Å². The third-order valence-corrected chi connectivity index (χ3v) is 4.56. The summed E-state index contributed by atoms with van der Waals surface area (Å²) in [5.41, 5.74) is 1.66. The highest BCUT2D eigenvalue weighted by Crippen LogP contribution is 2.25.